The van der Waals surface area contributed by atoms with Crippen molar-refractivity contribution < 1.29 is 18.7 Å². The lowest BCUT2D eigenvalue weighted by Crippen LogP contribution is -2.42. The molecule has 1 aromatic carbocycles. The molecule has 1 aliphatic heterocycles. The van der Waals surface area contributed by atoms with E-state index in [4.69, 9.17) is 9.47 Å². The molecule has 1 atom stereocenters. The van der Waals surface area contributed by atoms with E-state index in [0.717, 1.165) is 11.5 Å². The van der Waals surface area contributed by atoms with E-state index in [0.29, 0.717) is 25.4 Å². The van der Waals surface area contributed by atoms with Gasteiger partial charge in [-0.3, -0.25) is 4.79 Å². The number of rotatable bonds is 4. The summed E-state index contributed by atoms with van der Waals surface area (Å²) < 4.78 is 24.5. The van der Waals surface area contributed by atoms with Crippen LogP contribution < -0.4 is 10.1 Å². The maximum atomic E-state index is 13.6. The third kappa shape index (κ3) is 3.71. The zero-order valence-corrected chi connectivity index (χ0v) is 14.2. The molecule has 2 aromatic rings. The molecule has 1 aliphatic rings. The van der Waals surface area contributed by atoms with Crippen LogP contribution in [0.5, 0.6) is 5.75 Å². The Morgan fingerprint density at radius 3 is 3.00 bits per heavy atom. The van der Waals surface area contributed by atoms with E-state index >= 15 is 0 Å². The molecular formula is C18H20FN3O3. The van der Waals surface area contributed by atoms with Gasteiger partial charge in [0.1, 0.15) is 23.5 Å². The Balaban J connectivity index is 1.81. The molecule has 0 aliphatic carbocycles. The number of halogens is 1. The van der Waals surface area contributed by atoms with Gasteiger partial charge in [-0.1, -0.05) is 6.07 Å². The van der Waals surface area contributed by atoms with Gasteiger partial charge in [-0.05, 0) is 30.3 Å². The third-order valence-electron chi connectivity index (χ3n) is 4.10. The maximum absolute atomic E-state index is 13.6. The predicted molar refractivity (Wildman–Crippen MR) is 91.3 cm³/mol. The highest BCUT2D eigenvalue weighted by molar-refractivity contribution is 5.97. The maximum Gasteiger partial charge on any atom is 0.257 e. The van der Waals surface area contributed by atoms with Crippen molar-refractivity contribution in [2.45, 2.75) is 6.10 Å². The largest absolute Gasteiger partial charge is 0.496 e. The van der Waals surface area contributed by atoms with Crippen LogP contribution in [0.15, 0.2) is 36.4 Å². The van der Waals surface area contributed by atoms with Crippen molar-refractivity contribution in [2.75, 3.05) is 39.2 Å². The number of hydrogen-bond acceptors (Lipinski definition) is 5. The first kappa shape index (κ1) is 17.2. The highest BCUT2D eigenvalue weighted by Crippen LogP contribution is 2.26. The van der Waals surface area contributed by atoms with Crippen molar-refractivity contribution in [3.8, 4) is 5.75 Å². The van der Waals surface area contributed by atoms with Crippen LogP contribution in [0.4, 0.5) is 10.2 Å². The quantitative estimate of drug-likeness (QED) is 0.922. The normalized spacial score (nSPS) is 17.2. The van der Waals surface area contributed by atoms with Gasteiger partial charge < -0.3 is 19.7 Å². The van der Waals surface area contributed by atoms with Gasteiger partial charge in [-0.15, -0.1) is 0 Å². The van der Waals surface area contributed by atoms with E-state index in [9.17, 15) is 9.18 Å². The van der Waals surface area contributed by atoms with E-state index in [-0.39, 0.29) is 17.6 Å². The molecule has 1 amide bonds. The predicted octanol–water partition coefficient (Wildman–Crippen LogP) is 2.48. The summed E-state index contributed by atoms with van der Waals surface area (Å²) >= 11 is 0. The second-order valence-electron chi connectivity index (χ2n) is 5.65. The molecular weight excluding hydrogens is 325 g/mol. The average molecular weight is 345 g/mol. The number of carbonyl (C=O) groups is 1. The molecule has 1 saturated heterocycles. The first-order valence-corrected chi connectivity index (χ1v) is 8.01. The summed E-state index contributed by atoms with van der Waals surface area (Å²) in [5.74, 6) is 0.327. The number of nitrogens with zero attached hydrogens (tertiary/aromatic N) is 2. The lowest BCUT2D eigenvalue weighted by atomic mass is 10.1. The molecule has 132 valence electrons. The summed E-state index contributed by atoms with van der Waals surface area (Å²) in [5.41, 5.74) is 0.954. The van der Waals surface area contributed by atoms with Crippen LogP contribution in [0.25, 0.3) is 0 Å². The molecule has 25 heavy (non-hydrogen) atoms. The van der Waals surface area contributed by atoms with Crippen molar-refractivity contribution in [1.29, 1.82) is 0 Å². The third-order valence-corrected chi connectivity index (χ3v) is 4.10. The van der Waals surface area contributed by atoms with E-state index in [2.05, 4.69) is 10.3 Å². The number of ether oxygens (including phenoxy) is 2. The highest BCUT2D eigenvalue weighted by atomic mass is 19.1. The van der Waals surface area contributed by atoms with Gasteiger partial charge >= 0.3 is 0 Å². The second-order valence-corrected chi connectivity index (χ2v) is 5.65. The molecule has 1 aromatic heterocycles. The number of carbonyl (C=O) groups excluding carboxylic acids is 1. The van der Waals surface area contributed by atoms with Gasteiger partial charge in [0.2, 0.25) is 0 Å². The Bertz CT molecular complexity index is 769. The molecule has 0 spiro atoms. The Kier molecular flexibility index (Phi) is 5.14. The molecule has 0 radical (unpaired) electrons. The number of aromatic nitrogens is 1. The Morgan fingerprint density at radius 2 is 2.24 bits per heavy atom. The van der Waals surface area contributed by atoms with Gasteiger partial charge in [0.15, 0.2) is 0 Å². The fourth-order valence-electron chi connectivity index (χ4n) is 2.80. The van der Waals surface area contributed by atoms with Crippen LogP contribution in [0.2, 0.25) is 0 Å². The summed E-state index contributed by atoms with van der Waals surface area (Å²) in [6, 6.07) is 9.53. The van der Waals surface area contributed by atoms with Crippen molar-refractivity contribution in [2.24, 2.45) is 0 Å². The number of hydrogen-bond donors (Lipinski definition) is 1. The smallest absolute Gasteiger partial charge is 0.257 e. The number of pyridine rings is 1. The lowest BCUT2D eigenvalue weighted by molar-refractivity contribution is -0.0247. The SMILES string of the molecule is CNc1cccc(C2CN(C(=O)c3cc(F)ccc3OC)CCO2)n1. The monoisotopic (exact) mass is 345 g/mol. The van der Waals surface area contributed by atoms with Crippen LogP contribution in [-0.2, 0) is 4.74 Å². The van der Waals surface area contributed by atoms with E-state index < -0.39 is 5.82 Å². The lowest BCUT2D eigenvalue weighted by Gasteiger charge is -2.33. The second kappa shape index (κ2) is 7.48. The van der Waals surface area contributed by atoms with Crippen molar-refractivity contribution in [3.63, 3.8) is 0 Å². The van der Waals surface area contributed by atoms with Gasteiger partial charge in [0, 0.05) is 13.6 Å². The standard InChI is InChI=1S/C18H20FN3O3/c1-20-17-5-3-4-14(21-17)16-11-22(8-9-25-16)18(23)13-10-12(19)6-7-15(13)24-2/h3-7,10,16H,8-9,11H2,1-2H3,(H,20,21). The summed E-state index contributed by atoms with van der Waals surface area (Å²) in [5, 5.41) is 2.98. The molecule has 0 bridgehead atoms. The fourth-order valence-corrected chi connectivity index (χ4v) is 2.80. The molecule has 1 N–H and O–H groups in total. The molecule has 6 nitrogen and oxygen atoms in total. The first-order valence-electron chi connectivity index (χ1n) is 8.01. The molecule has 3 rings (SSSR count). The molecule has 7 heteroatoms. The van der Waals surface area contributed by atoms with Gasteiger partial charge in [-0.2, -0.15) is 0 Å². The van der Waals surface area contributed by atoms with Crippen LogP contribution in [0.1, 0.15) is 22.2 Å². The van der Waals surface area contributed by atoms with Crippen molar-refractivity contribution >= 4 is 11.7 Å². The van der Waals surface area contributed by atoms with E-state index in [1.165, 1.54) is 25.3 Å². The van der Waals surface area contributed by atoms with Crippen LogP contribution in [-0.4, -0.2) is 49.6 Å². The minimum absolute atomic E-state index is 0.208. The fraction of sp³-hybridized carbons (Fsp3) is 0.333. The van der Waals surface area contributed by atoms with Crippen molar-refractivity contribution in [3.05, 3.63) is 53.5 Å². The number of nitrogens with one attached hydrogen (secondary N) is 1. The van der Waals surface area contributed by atoms with Gasteiger partial charge in [0.05, 0.1) is 31.5 Å². The zero-order chi connectivity index (χ0) is 17.8. The van der Waals surface area contributed by atoms with E-state index in [1.807, 2.05) is 18.2 Å². The average Bonchev–Trinajstić information content (AvgIpc) is 2.67. The minimum Gasteiger partial charge on any atom is -0.496 e. The minimum atomic E-state index is -0.475. The summed E-state index contributed by atoms with van der Waals surface area (Å²) in [4.78, 5) is 18.9. The number of amides is 1. The van der Waals surface area contributed by atoms with Gasteiger partial charge in [-0.25, -0.2) is 9.37 Å². The molecule has 2 heterocycles. The van der Waals surface area contributed by atoms with E-state index in [1.54, 1.807) is 11.9 Å². The number of benzene rings is 1. The topological polar surface area (TPSA) is 63.7 Å². The molecule has 1 unspecified atom stereocenters. The molecule has 1 fully saturated rings. The highest BCUT2D eigenvalue weighted by Gasteiger charge is 2.28. The summed E-state index contributed by atoms with van der Waals surface area (Å²) in [6.07, 6.45) is -0.328. The number of anilines is 1. The summed E-state index contributed by atoms with van der Waals surface area (Å²) in [7, 11) is 3.25. The summed E-state index contributed by atoms with van der Waals surface area (Å²) in [6.45, 7) is 1.17. The van der Waals surface area contributed by atoms with Gasteiger partial charge in [0.25, 0.3) is 5.91 Å². The Labute approximate surface area is 145 Å². The Morgan fingerprint density at radius 1 is 1.40 bits per heavy atom. The van der Waals surface area contributed by atoms with Crippen molar-refractivity contribution in [1.82, 2.24) is 9.88 Å². The van der Waals surface area contributed by atoms with Crippen LogP contribution in [0, 0.1) is 5.82 Å². The first-order chi connectivity index (χ1) is 12.1. The van der Waals surface area contributed by atoms with Crippen LogP contribution in [0.3, 0.4) is 0 Å². The zero-order valence-electron chi connectivity index (χ0n) is 14.2. The number of morpholine rings is 1. The molecule has 0 saturated carbocycles. The van der Waals surface area contributed by atoms with Crippen LogP contribution >= 0.6 is 0 Å². The number of methoxy groups -OCH3 is 1. The Hall–Kier alpha value is -2.67.